The minimum absolute atomic E-state index is 0.0213. The molecule has 0 atom stereocenters. The lowest BCUT2D eigenvalue weighted by Crippen LogP contribution is -2.00. The molecule has 0 aliphatic heterocycles. The quantitative estimate of drug-likeness (QED) is 0.815. The van der Waals surface area contributed by atoms with Crippen molar-refractivity contribution in [3.63, 3.8) is 0 Å². The maximum absolute atomic E-state index is 11.1. The van der Waals surface area contributed by atoms with Gasteiger partial charge in [0.25, 0.3) is 9.05 Å². The number of hydrogen-bond acceptors (Lipinski definition) is 3. The third-order valence-corrected chi connectivity index (χ3v) is 4.19. The normalized spacial score (nSPS) is 12.0. The Labute approximate surface area is 117 Å². The second-order valence-corrected chi connectivity index (χ2v) is 7.27. The summed E-state index contributed by atoms with van der Waals surface area (Å²) in [5, 5.41) is 3.99. The van der Waals surface area contributed by atoms with Gasteiger partial charge < -0.3 is 0 Å². The number of halogens is 1. The van der Waals surface area contributed by atoms with E-state index in [1.54, 1.807) is 4.68 Å². The van der Waals surface area contributed by atoms with Gasteiger partial charge in [-0.1, -0.05) is 38.1 Å². The Bertz CT molecular complexity index is 660. The second-order valence-electron chi connectivity index (χ2n) is 4.71. The van der Waals surface area contributed by atoms with E-state index in [0.717, 1.165) is 5.56 Å². The first-order chi connectivity index (χ1) is 8.86. The molecule has 102 valence electrons. The third-order valence-electron chi connectivity index (χ3n) is 2.88. The molecule has 2 rings (SSSR count). The summed E-state index contributed by atoms with van der Waals surface area (Å²) in [4.78, 5) is 0.0213. The molecule has 4 nitrogen and oxygen atoms in total. The zero-order chi connectivity index (χ0) is 14.0. The SMILES string of the molecule is CC(C)c1ccc(Cn2cc(S(=O)(=O)Cl)cn2)cc1. The summed E-state index contributed by atoms with van der Waals surface area (Å²) in [6.07, 6.45) is 2.68. The Morgan fingerprint density at radius 3 is 2.37 bits per heavy atom. The van der Waals surface area contributed by atoms with Crippen LogP contribution in [0.5, 0.6) is 0 Å². The molecule has 6 heteroatoms. The molecule has 0 saturated heterocycles. The zero-order valence-corrected chi connectivity index (χ0v) is 12.3. The number of benzene rings is 1. The van der Waals surface area contributed by atoms with Crippen molar-refractivity contribution in [3.8, 4) is 0 Å². The Hall–Kier alpha value is -1.33. The fraction of sp³-hybridized carbons (Fsp3) is 0.308. The van der Waals surface area contributed by atoms with Crippen molar-refractivity contribution in [1.29, 1.82) is 0 Å². The van der Waals surface area contributed by atoms with Crippen molar-refractivity contribution < 1.29 is 8.42 Å². The first-order valence-electron chi connectivity index (χ1n) is 5.92. The van der Waals surface area contributed by atoms with Gasteiger partial charge in [0.1, 0.15) is 4.90 Å². The summed E-state index contributed by atoms with van der Waals surface area (Å²) in [7, 11) is 1.55. The molecular formula is C13H15ClN2O2S. The molecule has 2 aromatic rings. The van der Waals surface area contributed by atoms with Crippen LogP contribution >= 0.6 is 10.7 Å². The lowest BCUT2D eigenvalue weighted by atomic mass is 10.0. The highest BCUT2D eigenvalue weighted by Crippen LogP contribution is 2.16. The van der Waals surface area contributed by atoms with Gasteiger partial charge in [0.2, 0.25) is 0 Å². The van der Waals surface area contributed by atoms with Crippen LogP contribution in [0.25, 0.3) is 0 Å². The monoisotopic (exact) mass is 298 g/mol. The standard InChI is InChI=1S/C13H15ClN2O2S/c1-10(2)12-5-3-11(4-6-12)8-16-9-13(7-15-16)19(14,17)18/h3-7,9-10H,8H2,1-2H3. The van der Waals surface area contributed by atoms with Gasteiger partial charge in [-0.25, -0.2) is 8.42 Å². The van der Waals surface area contributed by atoms with Gasteiger partial charge >= 0.3 is 0 Å². The number of hydrogen-bond donors (Lipinski definition) is 0. The minimum Gasteiger partial charge on any atom is -0.267 e. The smallest absolute Gasteiger partial charge is 0.264 e. The van der Waals surface area contributed by atoms with Crippen LogP contribution in [0.3, 0.4) is 0 Å². The molecule has 0 radical (unpaired) electrons. The van der Waals surface area contributed by atoms with Gasteiger partial charge in [0.05, 0.1) is 12.7 Å². The highest BCUT2D eigenvalue weighted by molar-refractivity contribution is 8.13. The van der Waals surface area contributed by atoms with Crippen molar-refractivity contribution >= 4 is 19.7 Å². The molecular weight excluding hydrogens is 284 g/mol. The molecule has 0 saturated carbocycles. The van der Waals surface area contributed by atoms with Crippen molar-refractivity contribution in [3.05, 3.63) is 47.8 Å². The van der Waals surface area contributed by atoms with Gasteiger partial charge in [-0.3, -0.25) is 4.68 Å². The van der Waals surface area contributed by atoms with E-state index < -0.39 is 9.05 Å². The number of rotatable bonds is 4. The predicted molar refractivity (Wildman–Crippen MR) is 74.9 cm³/mol. The maximum atomic E-state index is 11.1. The van der Waals surface area contributed by atoms with Crippen molar-refractivity contribution in [2.45, 2.75) is 31.2 Å². The number of aromatic nitrogens is 2. The molecule has 0 fully saturated rings. The molecule has 0 spiro atoms. The second kappa shape index (κ2) is 5.35. The predicted octanol–water partition coefficient (Wildman–Crippen LogP) is 2.98. The summed E-state index contributed by atoms with van der Waals surface area (Å²) < 4.78 is 23.8. The average molecular weight is 299 g/mol. The highest BCUT2D eigenvalue weighted by atomic mass is 35.7. The fourth-order valence-electron chi connectivity index (χ4n) is 1.75. The molecule has 0 aliphatic rings. The van der Waals surface area contributed by atoms with E-state index in [-0.39, 0.29) is 4.90 Å². The van der Waals surface area contributed by atoms with E-state index in [0.29, 0.717) is 12.5 Å². The number of nitrogens with zero attached hydrogens (tertiary/aromatic N) is 2. The largest absolute Gasteiger partial charge is 0.267 e. The first-order valence-corrected chi connectivity index (χ1v) is 8.23. The van der Waals surface area contributed by atoms with E-state index in [9.17, 15) is 8.42 Å². The molecule has 0 aliphatic carbocycles. The minimum atomic E-state index is -3.70. The summed E-state index contributed by atoms with van der Waals surface area (Å²) >= 11 is 0. The van der Waals surface area contributed by atoms with Gasteiger partial charge in [0.15, 0.2) is 0 Å². The molecule has 1 heterocycles. The highest BCUT2D eigenvalue weighted by Gasteiger charge is 2.12. The molecule has 0 amide bonds. The van der Waals surface area contributed by atoms with Crippen LogP contribution in [0.15, 0.2) is 41.6 Å². The van der Waals surface area contributed by atoms with E-state index >= 15 is 0 Å². The fourth-order valence-corrected chi connectivity index (χ4v) is 2.41. The van der Waals surface area contributed by atoms with Crippen LogP contribution in [0.2, 0.25) is 0 Å². The topological polar surface area (TPSA) is 52.0 Å². The Balaban J connectivity index is 2.15. The summed E-state index contributed by atoms with van der Waals surface area (Å²) in [5.41, 5.74) is 2.33. The molecule has 0 bridgehead atoms. The van der Waals surface area contributed by atoms with Gasteiger partial charge in [-0.05, 0) is 17.0 Å². The van der Waals surface area contributed by atoms with E-state index in [2.05, 4.69) is 31.1 Å². The molecule has 1 aromatic heterocycles. The van der Waals surface area contributed by atoms with Crippen LogP contribution in [0.4, 0.5) is 0 Å². The molecule has 0 unspecified atom stereocenters. The van der Waals surface area contributed by atoms with Crippen LogP contribution in [0.1, 0.15) is 30.9 Å². The van der Waals surface area contributed by atoms with E-state index in [4.69, 9.17) is 10.7 Å². The molecule has 0 N–H and O–H groups in total. The van der Waals surface area contributed by atoms with Gasteiger partial charge in [0, 0.05) is 16.9 Å². The van der Waals surface area contributed by atoms with Crippen LogP contribution < -0.4 is 0 Å². The molecule has 1 aromatic carbocycles. The lowest BCUT2D eigenvalue weighted by Gasteiger charge is -2.07. The third kappa shape index (κ3) is 3.58. The van der Waals surface area contributed by atoms with Crippen molar-refractivity contribution in [1.82, 2.24) is 9.78 Å². The Kier molecular flexibility index (Phi) is 3.96. The Morgan fingerprint density at radius 2 is 1.89 bits per heavy atom. The average Bonchev–Trinajstić information content (AvgIpc) is 2.78. The Morgan fingerprint density at radius 1 is 1.26 bits per heavy atom. The first kappa shape index (κ1) is 14.1. The summed E-state index contributed by atoms with van der Waals surface area (Å²) in [6.45, 7) is 4.80. The van der Waals surface area contributed by atoms with Crippen LogP contribution in [-0.2, 0) is 15.6 Å². The van der Waals surface area contributed by atoms with Crippen molar-refractivity contribution in [2.24, 2.45) is 0 Å². The van der Waals surface area contributed by atoms with Gasteiger partial charge in [-0.2, -0.15) is 5.10 Å². The summed E-state index contributed by atoms with van der Waals surface area (Å²) in [6, 6.07) is 8.18. The zero-order valence-electron chi connectivity index (χ0n) is 10.7. The van der Waals surface area contributed by atoms with Crippen molar-refractivity contribution in [2.75, 3.05) is 0 Å². The van der Waals surface area contributed by atoms with Gasteiger partial charge in [-0.15, -0.1) is 0 Å². The molecule has 19 heavy (non-hydrogen) atoms. The maximum Gasteiger partial charge on any atom is 0.264 e. The van der Waals surface area contributed by atoms with E-state index in [1.165, 1.54) is 18.0 Å². The van der Waals surface area contributed by atoms with Crippen LogP contribution in [-0.4, -0.2) is 18.2 Å². The van der Waals surface area contributed by atoms with E-state index in [1.807, 2.05) is 12.1 Å². The van der Waals surface area contributed by atoms with Crippen LogP contribution in [0, 0.1) is 0 Å². The lowest BCUT2D eigenvalue weighted by molar-refractivity contribution is 0.609. The summed E-state index contributed by atoms with van der Waals surface area (Å²) in [5.74, 6) is 0.492.